The third-order valence-electron chi connectivity index (χ3n) is 2.46. The number of hydrogen-bond donors (Lipinski definition) is 2. The van der Waals surface area contributed by atoms with Crippen molar-refractivity contribution in [1.82, 2.24) is 9.97 Å². The average molecular weight is 309 g/mol. The second-order valence-electron chi connectivity index (χ2n) is 4.01. The van der Waals surface area contributed by atoms with Crippen LogP contribution in [0.15, 0.2) is 41.8 Å². The first-order chi connectivity index (χ1) is 9.56. The number of halogens is 1. The quantitative estimate of drug-likeness (QED) is 0.516. The summed E-state index contributed by atoms with van der Waals surface area (Å²) < 4.78 is 0. The number of carbonyl (C=O) groups excluding carboxylic acids is 1. The fraction of sp³-hybridized carbons (Fsp3) is 0.154. The third-order valence-corrected chi connectivity index (χ3v) is 3.69. The van der Waals surface area contributed by atoms with Crippen LogP contribution in [-0.2, 0) is 4.79 Å². The van der Waals surface area contributed by atoms with E-state index in [-0.39, 0.29) is 11.2 Å². The van der Waals surface area contributed by atoms with Crippen molar-refractivity contribution < 1.29 is 4.79 Å². The lowest BCUT2D eigenvalue weighted by molar-refractivity contribution is -0.115. The minimum atomic E-state index is -0.340. The van der Waals surface area contributed by atoms with Gasteiger partial charge in [-0.1, -0.05) is 23.4 Å². The van der Waals surface area contributed by atoms with E-state index in [0.717, 1.165) is 0 Å². The smallest absolute Gasteiger partial charge is 0.237 e. The maximum Gasteiger partial charge on any atom is 0.237 e. The molecule has 0 aliphatic carbocycles. The van der Waals surface area contributed by atoms with Gasteiger partial charge in [0.25, 0.3) is 0 Å². The summed E-state index contributed by atoms with van der Waals surface area (Å²) in [5.74, 6) is -0.170. The summed E-state index contributed by atoms with van der Waals surface area (Å²) in [7, 11) is 0. The fourth-order valence-electron chi connectivity index (χ4n) is 1.44. The molecule has 1 aromatic heterocycles. The van der Waals surface area contributed by atoms with Crippen LogP contribution in [0.25, 0.3) is 0 Å². The van der Waals surface area contributed by atoms with E-state index in [1.807, 2.05) is 0 Å². The van der Waals surface area contributed by atoms with E-state index in [0.29, 0.717) is 21.6 Å². The van der Waals surface area contributed by atoms with E-state index in [2.05, 4.69) is 15.3 Å². The molecule has 0 aliphatic rings. The molecule has 0 spiro atoms. The fourth-order valence-corrected chi connectivity index (χ4v) is 2.35. The molecular weight excluding hydrogens is 296 g/mol. The maximum atomic E-state index is 12.1. The van der Waals surface area contributed by atoms with Crippen molar-refractivity contribution in [1.29, 1.82) is 0 Å². The van der Waals surface area contributed by atoms with Gasteiger partial charge in [-0.05, 0) is 31.2 Å². The number of carbonyl (C=O) groups is 1. The minimum absolute atomic E-state index is 0.170. The second kappa shape index (κ2) is 6.58. The van der Waals surface area contributed by atoms with Gasteiger partial charge in [0.15, 0.2) is 5.16 Å². The number of aromatic nitrogens is 2. The number of anilines is 2. The number of amides is 1. The van der Waals surface area contributed by atoms with Crippen LogP contribution in [0.3, 0.4) is 0 Å². The van der Waals surface area contributed by atoms with Crippen LogP contribution in [-0.4, -0.2) is 21.1 Å². The summed E-state index contributed by atoms with van der Waals surface area (Å²) in [6, 6.07) is 6.66. The Hall–Kier alpha value is -1.79. The molecule has 0 saturated carbocycles. The van der Waals surface area contributed by atoms with Gasteiger partial charge in [-0.25, -0.2) is 9.97 Å². The van der Waals surface area contributed by atoms with Crippen LogP contribution in [0.1, 0.15) is 6.92 Å². The standard InChI is InChI=1S/C13H13ClN4OS/c1-8(20-13-16-5-2-6-17-13)12(19)18-11-4-3-9(14)7-10(11)15/h2-8H,15H2,1H3,(H,18,19). The van der Waals surface area contributed by atoms with Crippen molar-refractivity contribution in [2.24, 2.45) is 0 Å². The van der Waals surface area contributed by atoms with E-state index < -0.39 is 0 Å². The van der Waals surface area contributed by atoms with Gasteiger partial charge in [0.05, 0.1) is 16.6 Å². The zero-order chi connectivity index (χ0) is 14.5. The number of nitrogens with one attached hydrogen (secondary N) is 1. The topological polar surface area (TPSA) is 80.9 Å². The Kier molecular flexibility index (Phi) is 4.81. The molecule has 0 saturated heterocycles. The molecule has 1 amide bonds. The summed E-state index contributed by atoms with van der Waals surface area (Å²) in [4.78, 5) is 20.2. The number of rotatable bonds is 4. The highest BCUT2D eigenvalue weighted by molar-refractivity contribution is 8.00. The first kappa shape index (κ1) is 14.6. The molecule has 1 heterocycles. The SMILES string of the molecule is CC(Sc1ncccn1)C(=O)Nc1ccc(Cl)cc1N. The lowest BCUT2D eigenvalue weighted by Crippen LogP contribution is -2.23. The highest BCUT2D eigenvalue weighted by Crippen LogP contribution is 2.25. The minimum Gasteiger partial charge on any atom is -0.397 e. The van der Waals surface area contributed by atoms with E-state index in [4.69, 9.17) is 17.3 Å². The highest BCUT2D eigenvalue weighted by atomic mass is 35.5. The second-order valence-corrected chi connectivity index (χ2v) is 5.76. The number of nitrogens with two attached hydrogens (primary N) is 1. The summed E-state index contributed by atoms with van der Waals surface area (Å²) in [5, 5.41) is 3.50. The zero-order valence-electron chi connectivity index (χ0n) is 10.7. The lowest BCUT2D eigenvalue weighted by Gasteiger charge is -2.12. The molecule has 20 heavy (non-hydrogen) atoms. The first-order valence-electron chi connectivity index (χ1n) is 5.86. The number of thioether (sulfide) groups is 1. The van der Waals surface area contributed by atoms with Crippen molar-refractivity contribution in [3.05, 3.63) is 41.7 Å². The molecule has 5 nitrogen and oxygen atoms in total. The summed E-state index contributed by atoms with van der Waals surface area (Å²) in [6.45, 7) is 1.78. The van der Waals surface area contributed by atoms with Crippen molar-refractivity contribution in [3.8, 4) is 0 Å². The van der Waals surface area contributed by atoms with E-state index in [1.54, 1.807) is 43.6 Å². The summed E-state index contributed by atoms with van der Waals surface area (Å²) in [5.41, 5.74) is 6.76. The van der Waals surface area contributed by atoms with Crippen molar-refractivity contribution in [3.63, 3.8) is 0 Å². The molecule has 2 rings (SSSR count). The van der Waals surface area contributed by atoms with Gasteiger partial charge >= 0.3 is 0 Å². The molecule has 104 valence electrons. The average Bonchev–Trinajstić information content (AvgIpc) is 2.43. The van der Waals surface area contributed by atoms with Crippen LogP contribution in [0.2, 0.25) is 5.02 Å². The van der Waals surface area contributed by atoms with Gasteiger partial charge in [-0.3, -0.25) is 4.79 Å². The Morgan fingerprint density at radius 3 is 2.75 bits per heavy atom. The van der Waals surface area contributed by atoms with Gasteiger partial charge in [0.2, 0.25) is 5.91 Å². The number of hydrogen-bond acceptors (Lipinski definition) is 5. The molecular formula is C13H13ClN4OS. The van der Waals surface area contributed by atoms with E-state index in [9.17, 15) is 4.79 Å². The monoisotopic (exact) mass is 308 g/mol. The van der Waals surface area contributed by atoms with Crippen molar-refractivity contribution in [2.45, 2.75) is 17.3 Å². The molecule has 0 aliphatic heterocycles. The Balaban J connectivity index is 2.01. The molecule has 3 N–H and O–H groups in total. The first-order valence-corrected chi connectivity index (χ1v) is 7.11. The molecule has 1 aromatic carbocycles. The van der Waals surface area contributed by atoms with Gasteiger partial charge in [-0.15, -0.1) is 0 Å². The van der Waals surface area contributed by atoms with Crippen LogP contribution in [0.4, 0.5) is 11.4 Å². The van der Waals surface area contributed by atoms with Gasteiger partial charge in [-0.2, -0.15) is 0 Å². The summed E-state index contributed by atoms with van der Waals surface area (Å²) >= 11 is 7.09. The van der Waals surface area contributed by atoms with Crippen molar-refractivity contribution >= 4 is 40.6 Å². The van der Waals surface area contributed by atoms with Gasteiger partial charge in [0, 0.05) is 17.4 Å². The Morgan fingerprint density at radius 2 is 2.10 bits per heavy atom. The van der Waals surface area contributed by atoms with Crippen LogP contribution >= 0.6 is 23.4 Å². The highest BCUT2D eigenvalue weighted by Gasteiger charge is 2.16. The maximum absolute atomic E-state index is 12.1. The lowest BCUT2D eigenvalue weighted by atomic mass is 10.2. The predicted molar refractivity (Wildman–Crippen MR) is 81.8 cm³/mol. The van der Waals surface area contributed by atoms with Crippen LogP contribution < -0.4 is 11.1 Å². The van der Waals surface area contributed by atoms with Crippen molar-refractivity contribution in [2.75, 3.05) is 11.1 Å². The van der Waals surface area contributed by atoms with Crippen LogP contribution in [0.5, 0.6) is 0 Å². The third kappa shape index (κ3) is 3.85. The largest absolute Gasteiger partial charge is 0.397 e. The normalized spacial score (nSPS) is 11.9. The number of nitrogens with zero attached hydrogens (tertiary/aromatic N) is 2. The molecule has 1 atom stereocenters. The Bertz CT molecular complexity index is 609. The van der Waals surface area contributed by atoms with Gasteiger partial charge < -0.3 is 11.1 Å². The van der Waals surface area contributed by atoms with Crippen LogP contribution in [0, 0.1) is 0 Å². The predicted octanol–water partition coefficient (Wildman–Crippen LogP) is 2.83. The number of benzene rings is 1. The molecule has 1 unspecified atom stereocenters. The molecule has 0 bridgehead atoms. The zero-order valence-corrected chi connectivity index (χ0v) is 12.3. The van der Waals surface area contributed by atoms with E-state index in [1.165, 1.54) is 11.8 Å². The molecule has 7 heteroatoms. The number of nitrogen functional groups attached to an aromatic ring is 1. The Morgan fingerprint density at radius 1 is 1.40 bits per heavy atom. The molecule has 0 fully saturated rings. The van der Waals surface area contributed by atoms with Gasteiger partial charge in [0.1, 0.15) is 0 Å². The Labute approximate surface area is 126 Å². The van der Waals surface area contributed by atoms with E-state index >= 15 is 0 Å². The molecule has 0 radical (unpaired) electrons. The molecule has 2 aromatic rings. The summed E-state index contributed by atoms with van der Waals surface area (Å²) in [6.07, 6.45) is 3.27.